The fourth-order valence-electron chi connectivity index (χ4n) is 2.15. The van der Waals surface area contributed by atoms with Crippen molar-refractivity contribution < 1.29 is 8.42 Å². The van der Waals surface area contributed by atoms with Crippen molar-refractivity contribution in [1.29, 1.82) is 0 Å². The van der Waals surface area contributed by atoms with Crippen molar-refractivity contribution in [2.75, 3.05) is 12.8 Å². The summed E-state index contributed by atoms with van der Waals surface area (Å²) in [5.41, 5.74) is 7.93. The molecule has 1 unspecified atom stereocenters. The molecule has 0 radical (unpaired) electrons. The number of hydrogen-bond acceptors (Lipinski definition) is 3. The van der Waals surface area contributed by atoms with Crippen LogP contribution in [0.3, 0.4) is 0 Å². The highest BCUT2D eigenvalue weighted by molar-refractivity contribution is 7.88. The Kier molecular flexibility index (Phi) is 4.65. The molecule has 0 saturated heterocycles. The molecule has 0 saturated carbocycles. The van der Waals surface area contributed by atoms with Gasteiger partial charge in [0.15, 0.2) is 0 Å². The lowest BCUT2D eigenvalue weighted by atomic mass is 10.1. The third kappa shape index (κ3) is 3.62. The van der Waals surface area contributed by atoms with Crippen LogP contribution in [0.1, 0.15) is 24.1 Å². The predicted octanol–water partition coefficient (Wildman–Crippen LogP) is 2.79. The quantitative estimate of drug-likeness (QED) is 0.864. The number of nitrogens with two attached hydrogens (primary N) is 1. The van der Waals surface area contributed by atoms with E-state index < -0.39 is 10.0 Å². The molecule has 0 fully saturated rings. The van der Waals surface area contributed by atoms with Crippen LogP contribution in [-0.2, 0) is 15.8 Å². The first-order valence-electron chi connectivity index (χ1n) is 6.76. The van der Waals surface area contributed by atoms with Gasteiger partial charge in [-0.2, -0.15) is 4.31 Å². The maximum absolute atomic E-state index is 12.5. The molecule has 0 spiro atoms. The Morgan fingerprint density at radius 1 is 1.05 bits per heavy atom. The van der Waals surface area contributed by atoms with E-state index in [1.54, 1.807) is 31.3 Å². The highest BCUT2D eigenvalue weighted by Crippen LogP contribution is 2.24. The molecule has 112 valence electrons. The number of nitrogens with zero attached hydrogens (tertiary/aromatic N) is 1. The van der Waals surface area contributed by atoms with Crippen LogP contribution in [-0.4, -0.2) is 19.8 Å². The van der Waals surface area contributed by atoms with E-state index in [0.29, 0.717) is 11.3 Å². The van der Waals surface area contributed by atoms with Gasteiger partial charge in [-0.05, 0) is 24.1 Å². The number of hydrogen-bond donors (Lipinski definition) is 1. The van der Waals surface area contributed by atoms with E-state index in [4.69, 9.17) is 5.73 Å². The molecular weight excluding hydrogens is 284 g/mol. The van der Waals surface area contributed by atoms with Crippen molar-refractivity contribution in [3.63, 3.8) is 0 Å². The molecular formula is C16H20N2O2S. The molecule has 4 nitrogen and oxygen atoms in total. The Hall–Kier alpha value is -1.85. The van der Waals surface area contributed by atoms with E-state index in [-0.39, 0.29) is 11.8 Å². The first-order chi connectivity index (χ1) is 9.92. The van der Waals surface area contributed by atoms with Gasteiger partial charge in [0, 0.05) is 18.8 Å². The number of anilines is 1. The van der Waals surface area contributed by atoms with Crippen LogP contribution in [0.4, 0.5) is 5.69 Å². The van der Waals surface area contributed by atoms with Crippen molar-refractivity contribution in [3.8, 4) is 0 Å². The van der Waals surface area contributed by atoms with Crippen molar-refractivity contribution in [2.45, 2.75) is 18.7 Å². The van der Waals surface area contributed by atoms with Gasteiger partial charge < -0.3 is 5.73 Å². The van der Waals surface area contributed by atoms with E-state index in [1.165, 1.54) is 4.31 Å². The topological polar surface area (TPSA) is 63.4 Å². The molecule has 0 bridgehead atoms. The first kappa shape index (κ1) is 15.5. The minimum Gasteiger partial charge on any atom is -0.398 e. The second kappa shape index (κ2) is 6.28. The minimum atomic E-state index is -3.43. The summed E-state index contributed by atoms with van der Waals surface area (Å²) in [4.78, 5) is 0. The van der Waals surface area contributed by atoms with Crippen LogP contribution < -0.4 is 5.73 Å². The van der Waals surface area contributed by atoms with Crippen LogP contribution in [0.15, 0.2) is 54.6 Å². The molecule has 5 heteroatoms. The van der Waals surface area contributed by atoms with Crippen LogP contribution in [0, 0.1) is 0 Å². The molecule has 0 amide bonds. The number of para-hydroxylation sites is 1. The molecule has 2 aromatic carbocycles. The number of sulfonamides is 1. The third-order valence-corrected chi connectivity index (χ3v) is 5.53. The van der Waals surface area contributed by atoms with E-state index in [0.717, 1.165) is 5.56 Å². The Bertz CT molecular complexity index is 699. The van der Waals surface area contributed by atoms with Crippen LogP contribution in [0.25, 0.3) is 0 Å². The summed E-state index contributed by atoms with van der Waals surface area (Å²) in [5, 5.41) is 0. The number of nitrogen functional groups attached to an aromatic ring is 1. The molecule has 1 atom stereocenters. The Morgan fingerprint density at radius 3 is 2.24 bits per heavy atom. The molecule has 2 aromatic rings. The molecule has 0 aromatic heterocycles. The largest absolute Gasteiger partial charge is 0.398 e. The average molecular weight is 304 g/mol. The van der Waals surface area contributed by atoms with Gasteiger partial charge >= 0.3 is 0 Å². The molecule has 0 aliphatic heterocycles. The maximum Gasteiger partial charge on any atom is 0.218 e. The lowest BCUT2D eigenvalue weighted by Crippen LogP contribution is -2.31. The average Bonchev–Trinajstić information content (AvgIpc) is 2.49. The summed E-state index contributed by atoms with van der Waals surface area (Å²) in [7, 11) is -1.83. The lowest BCUT2D eigenvalue weighted by Gasteiger charge is -2.25. The minimum absolute atomic E-state index is 0.0899. The second-order valence-electron chi connectivity index (χ2n) is 5.06. The predicted molar refractivity (Wildman–Crippen MR) is 86.1 cm³/mol. The van der Waals surface area contributed by atoms with Gasteiger partial charge in [0.25, 0.3) is 0 Å². The summed E-state index contributed by atoms with van der Waals surface area (Å²) in [6.45, 7) is 1.88. The number of benzene rings is 2. The Balaban J connectivity index is 2.21. The molecule has 0 heterocycles. The van der Waals surface area contributed by atoms with Gasteiger partial charge in [0.2, 0.25) is 10.0 Å². The van der Waals surface area contributed by atoms with Crippen LogP contribution >= 0.6 is 0 Å². The maximum atomic E-state index is 12.5. The molecule has 0 aliphatic rings. The summed E-state index contributed by atoms with van der Waals surface area (Å²) < 4.78 is 26.5. The fourth-order valence-corrected chi connectivity index (χ4v) is 3.61. The normalized spacial score (nSPS) is 13.3. The van der Waals surface area contributed by atoms with Gasteiger partial charge in [-0.1, -0.05) is 48.5 Å². The first-order valence-corrected chi connectivity index (χ1v) is 8.37. The van der Waals surface area contributed by atoms with Crippen molar-refractivity contribution >= 4 is 15.7 Å². The van der Waals surface area contributed by atoms with Gasteiger partial charge in [-0.15, -0.1) is 0 Å². The van der Waals surface area contributed by atoms with Gasteiger partial charge in [-0.25, -0.2) is 8.42 Å². The summed E-state index contributed by atoms with van der Waals surface area (Å²) >= 11 is 0. The second-order valence-corrected chi connectivity index (χ2v) is 7.09. The van der Waals surface area contributed by atoms with Crippen molar-refractivity contribution in [1.82, 2.24) is 4.31 Å². The van der Waals surface area contributed by atoms with Gasteiger partial charge in [0.05, 0.1) is 5.75 Å². The van der Waals surface area contributed by atoms with E-state index >= 15 is 0 Å². The summed E-state index contributed by atoms with van der Waals surface area (Å²) in [6.07, 6.45) is 0. The Morgan fingerprint density at radius 2 is 1.62 bits per heavy atom. The van der Waals surface area contributed by atoms with Crippen LogP contribution in [0.2, 0.25) is 0 Å². The van der Waals surface area contributed by atoms with Crippen molar-refractivity contribution in [2.24, 2.45) is 0 Å². The molecule has 2 N–H and O–H groups in total. The lowest BCUT2D eigenvalue weighted by molar-refractivity contribution is 0.398. The monoisotopic (exact) mass is 304 g/mol. The van der Waals surface area contributed by atoms with E-state index in [1.807, 2.05) is 37.3 Å². The zero-order valence-electron chi connectivity index (χ0n) is 12.2. The van der Waals surface area contributed by atoms with E-state index in [9.17, 15) is 8.42 Å². The third-order valence-electron chi connectivity index (χ3n) is 3.66. The fraction of sp³-hybridized carbons (Fsp3) is 0.250. The van der Waals surface area contributed by atoms with Crippen LogP contribution in [0.5, 0.6) is 0 Å². The molecule has 0 aliphatic carbocycles. The highest BCUT2D eigenvalue weighted by Gasteiger charge is 2.25. The molecule has 2 rings (SSSR count). The highest BCUT2D eigenvalue weighted by atomic mass is 32.2. The number of rotatable bonds is 5. The summed E-state index contributed by atoms with van der Waals surface area (Å²) in [6, 6.07) is 16.4. The standard InChI is InChI=1S/C16H20N2O2S/c1-13(14-8-4-3-5-9-14)18(2)21(19,20)12-15-10-6-7-11-16(15)17/h3-11,13H,12,17H2,1-2H3. The van der Waals surface area contributed by atoms with Gasteiger partial charge in [0.1, 0.15) is 0 Å². The van der Waals surface area contributed by atoms with E-state index in [2.05, 4.69) is 0 Å². The smallest absolute Gasteiger partial charge is 0.218 e. The van der Waals surface area contributed by atoms with Crippen molar-refractivity contribution in [3.05, 3.63) is 65.7 Å². The Labute approximate surface area is 126 Å². The molecule has 21 heavy (non-hydrogen) atoms. The SMILES string of the molecule is CC(c1ccccc1)N(C)S(=O)(=O)Cc1ccccc1N. The zero-order valence-corrected chi connectivity index (χ0v) is 13.0. The van der Waals surface area contributed by atoms with Gasteiger partial charge in [-0.3, -0.25) is 0 Å². The zero-order chi connectivity index (χ0) is 15.5. The summed E-state index contributed by atoms with van der Waals surface area (Å²) in [5.74, 6) is -0.0899.